The normalized spacial score (nSPS) is 24.9. The van der Waals surface area contributed by atoms with Crippen molar-refractivity contribution in [2.75, 3.05) is 26.7 Å². The van der Waals surface area contributed by atoms with Gasteiger partial charge in [0.05, 0.1) is 7.11 Å². The quantitative estimate of drug-likeness (QED) is 0.859. The Kier molecular flexibility index (Phi) is 4.84. The zero-order chi connectivity index (χ0) is 19.0. The van der Waals surface area contributed by atoms with Gasteiger partial charge in [-0.2, -0.15) is 0 Å². The van der Waals surface area contributed by atoms with E-state index < -0.39 is 12.0 Å². The molecule has 1 N–H and O–H groups in total. The smallest absolute Gasteiger partial charge is 0.320 e. The van der Waals surface area contributed by atoms with Crippen molar-refractivity contribution in [1.82, 2.24) is 9.80 Å². The lowest BCUT2D eigenvalue weighted by Crippen LogP contribution is -2.44. The fraction of sp³-hybridized carbons (Fsp3) is 0.619. The third-order valence-electron chi connectivity index (χ3n) is 6.50. The van der Waals surface area contributed by atoms with Crippen LogP contribution in [0.25, 0.3) is 0 Å². The molecule has 1 aliphatic carbocycles. The van der Waals surface area contributed by atoms with Gasteiger partial charge in [-0.1, -0.05) is 12.1 Å². The van der Waals surface area contributed by atoms with Crippen molar-refractivity contribution in [3.8, 4) is 5.75 Å². The number of rotatable bonds is 5. The van der Waals surface area contributed by atoms with Crippen molar-refractivity contribution in [2.45, 2.75) is 44.7 Å². The highest BCUT2D eigenvalue weighted by Gasteiger charge is 2.49. The minimum absolute atomic E-state index is 0.0237. The maximum Gasteiger partial charge on any atom is 0.320 e. The third kappa shape index (κ3) is 3.81. The first-order valence-electron chi connectivity index (χ1n) is 9.88. The molecule has 1 atom stereocenters. The number of carbonyl (C=O) groups excluding carboxylic acids is 1. The summed E-state index contributed by atoms with van der Waals surface area (Å²) in [5, 5.41) is 9.75. The standard InChI is InChI=1S/C21H28N2O4/c1-27-17-6-2-15(3-7-17)13-23-14-21(12-18(23)20(25)26)8-10-22(11-9-21)19(24)16-4-5-16/h2-3,6-7,16,18H,4-5,8-14H2,1H3,(H,25,26)/t18-/m1/s1. The molecule has 1 aromatic carbocycles. The molecule has 146 valence electrons. The molecule has 1 spiro atoms. The Hall–Kier alpha value is -2.08. The SMILES string of the molecule is COc1ccc(CN2CC3(CCN(C(=O)C4CC4)CC3)C[C@@H]2C(=O)O)cc1. The summed E-state index contributed by atoms with van der Waals surface area (Å²) in [7, 11) is 1.64. The van der Waals surface area contributed by atoms with Crippen LogP contribution in [0.4, 0.5) is 0 Å². The van der Waals surface area contributed by atoms with Crippen molar-refractivity contribution in [3.05, 3.63) is 29.8 Å². The average Bonchev–Trinajstić information content (AvgIpc) is 3.46. The molecule has 2 aliphatic heterocycles. The number of hydrogen-bond acceptors (Lipinski definition) is 4. The molecule has 1 amide bonds. The number of likely N-dealkylation sites (tertiary alicyclic amines) is 2. The van der Waals surface area contributed by atoms with Crippen molar-refractivity contribution >= 4 is 11.9 Å². The van der Waals surface area contributed by atoms with Gasteiger partial charge >= 0.3 is 5.97 Å². The molecule has 6 nitrogen and oxygen atoms in total. The van der Waals surface area contributed by atoms with Crippen LogP contribution in [0.15, 0.2) is 24.3 Å². The molecule has 0 aromatic heterocycles. The van der Waals surface area contributed by atoms with Crippen LogP contribution in [0.1, 0.15) is 37.7 Å². The molecule has 3 aliphatic rings. The van der Waals surface area contributed by atoms with E-state index >= 15 is 0 Å². The molecule has 0 bridgehead atoms. The van der Waals surface area contributed by atoms with Gasteiger partial charge in [-0.15, -0.1) is 0 Å². The Morgan fingerprint density at radius 3 is 2.41 bits per heavy atom. The van der Waals surface area contributed by atoms with E-state index in [1.807, 2.05) is 29.2 Å². The van der Waals surface area contributed by atoms with Crippen molar-refractivity contribution in [3.63, 3.8) is 0 Å². The molecule has 6 heteroatoms. The number of carboxylic acid groups (broad SMARTS) is 1. The fourth-order valence-corrected chi connectivity index (χ4v) is 4.67. The van der Waals surface area contributed by atoms with Gasteiger partial charge < -0.3 is 14.7 Å². The number of benzene rings is 1. The molecule has 27 heavy (non-hydrogen) atoms. The Morgan fingerprint density at radius 1 is 1.19 bits per heavy atom. The van der Waals surface area contributed by atoms with Crippen LogP contribution in [-0.4, -0.2) is 59.6 Å². The van der Waals surface area contributed by atoms with E-state index in [9.17, 15) is 14.7 Å². The van der Waals surface area contributed by atoms with Gasteiger partial charge in [0.1, 0.15) is 11.8 Å². The first-order valence-corrected chi connectivity index (χ1v) is 9.88. The van der Waals surface area contributed by atoms with Gasteiger partial charge in [0.25, 0.3) is 0 Å². The predicted octanol–water partition coefficient (Wildman–Crippen LogP) is 2.37. The van der Waals surface area contributed by atoms with E-state index in [2.05, 4.69) is 4.90 Å². The second-order valence-corrected chi connectivity index (χ2v) is 8.41. The van der Waals surface area contributed by atoms with Crippen LogP contribution < -0.4 is 4.74 Å². The van der Waals surface area contributed by atoms with Crippen LogP contribution >= 0.6 is 0 Å². The topological polar surface area (TPSA) is 70.1 Å². The van der Waals surface area contributed by atoms with Crippen LogP contribution in [0, 0.1) is 11.3 Å². The number of methoxy groups -OCH3 is 1. The number of amides is 1. The van der Waals surface area contributed by atoms with Crippen molar-refractivity contribution < 1.29 is 19.4 Å². The van der Waals surface area contributed by atoms with Gasteiger partial charge in [-0.25, -0.2) is 0 Å². The maximum absolute atomic E-state index is 12.3. The van der Waals surface area contributed by atoms with Crippen LogP contribution in [0.3, 0.4) is 0 Å². The number of aliphatic carboxylic acids is 1. The highest BCUT2D eigenvalue weighted by atomic mass is 16.5. The number of carboxylic acids is 1. The lowest BCUT2D eigenvalue weighted by atomic mass is 9.76. The highest BCUT2D eigenvalue weighted by Crippen LogP contribution is 2.45. The number of nitrogens with zero attached hydrogens (tertiary/aromatic N) is 2. The zero-order valence-corrected chi connectivity index (χ0v) is 15.9. The fourth-order valence-electron chi connectivity index (χ4n) is 4.67. The van der Waals surface area contributed by atoms with Gasteiger partial charge in [0.15, 0.2) is 0 Å². The van der Waals surface area contributed by atoms with Crippen LogP contribution in [0.5, 0.6) is 5.75 Å². The predicted molar refractivity (Wildman–Crippen MR) is 100 cm³/mol. The van der Waals surface area contributed by atoms with E-state index in [-0.39, 0.29) is 11.3 Å². The summed E-state index contributed by atoms with van der Waals surface area (Å²) in [6.07, 6.45) is 4.58. The lowest BCUT2D eigenvalue weighted by Gasteiger charge is -2.39. The van der Waals surface area contributed by atoms with Gasteiger partial charge in [-0.3, -0.25) is 14.5 Å². The molecule has 3 fully saturated rings. The van der Waals surface area contributed by atoms with Crippen molar-refractivity contribution in [2.24, 2.45) is 11.3 Å². The number of carbonyl (C=O) groups is 2. The molecule has 4 rings (SSSR count). The van der Waals surface area contributed by atoms with E-state index in [0.29, 0.717) is 18.9 Å². The van der Waals surface area contributed by atoms with Crippen LogP contribution in [0.2, 0.25) is 0 Å². The van der Waals surface area contributed by atoms with E-state index in [1.54, 1.807) is 7.11 Å². The Morgan fingerprint density at radius 2 is 1.85 bits per heavy atom. The van der Waals surface area contributed by atoms with Gasteiger partial charge in [0, 0.05) is 32.1 Å². The van der Waals surface area contributed by atoms with E-state index in [4.69, 9.17) is 4.74 Å². The number of piperidine rings is 1. The Labute approximate surface area is 160 Å². The monoisotopic (exact) mass is 372 g/mol. The highest BCUT2D eigenvalue weighted by molar-refractivity contribution is 5.81. The minimum atomic E-state index is -0.739. The molecule has 2 heterocycles. The van der Waals surface area contributed by atoms with Gasteiger partial charge in [-0.05, 0) is 55.2 Å². The third-order valence-corrected chi connectivity index (χ3v) is 6.50. The molecule has 2 saturated heterocycles. The summed E-state index contributed by atoms with van der Waals surface area (Å²) in [5.41, 5.74) is 1.12. The van der Waals surface area contributed by atoms with Crippen molar-refractivity contribution in [1.29, 1.82) is 0 Å². The molecular formula is C21H28N2O4. The molecular weight excluding hydrogens is 344 g/mol. The largest absolute Gasteiger partial charge is 0.497 e. The summed E-state index contributed by atoms with van der Waals surface area (Å²) in [4.78, 5) is 28.3. The first-order chi connectivity index (χ1) is 13.0. The van der Waals surface area contributed by atoms with Gasteiger partial charge in [0.2, 0.25) is 5.91 Å². The Bertz CT molecular complexity index is 705. The zero-order valence-electron chi connectivity index (χ0n) is 15.9. The second kappa shape index (κ2) is 7.15. The number of ether oxygens (including phenoxy) is 1. The maximum atomic E-state index is 12.3. The summed E-state index contributed by atoms with van der Waals surface area (Å²) >= 11 is 0. The minimum Gasteiger partial charge on any atom is -0.497 e. The Balaban J connectivity index is 1.42. The average molecular weight is 372 g/mol. The lowest BCUT2D eigenvalue weighted by molar-refractivity contribution is -0.142. The number of hydrogen-bond donors (Lipinski definition) is 1. The summed E-state index contributed by atoms with van der Waals surface area (Å²) in [6.45, 7) is 2.98. The molecule has 0 unspecified atom stereocenters. The molecule has 1 aromatic rings. The van der Waals surface area contributed by atoms with Crippen LogP contribution in [-0.2, 0) is 16.1 Å². The molecule has 0 radical (unpaired) electrons. The first kappa shape index (κ1) is 18.3. The summed E-state index contributed by atoms with van der Waals surface area (Å²) in [5.74, 6) is 0.643. The molecule has 1 saturated carbocycles. The van der Waals surface area contributed by atoms with E-state index in [1.165, 1.54) is 0 Å². The summed E-state index contributed by atoms with van der Waals surface area (Å²) in [6, 6.07) is 7.38. The van der Waals surface area contributed by atoms with E-state index in [0.717, 1.165) is 56.6 Å². The summed E-state index contributed by atoms with van der Waals surface area (Å²) < 4.78 is 5.20. The second-order valence-electron chi connectivity index (χ2n) is 8.41.